The maximum Gasteiger partial charge on any atom is 0.0168 e. The molecular weight excluding hydrogens is 196 g/mol. The fourth-order valence-electron chi connectivity index (χ4n) is 2.34. The minimum absolute atomic E-state index is 0.395. The molecule has 1 aliphatic rings. The van der Waals surface area contributed by atoms with Crippen molar-refractivity contribution in [2.75, 3.05) is 19.6 Å². The first-order valence-corrected chi connectivity index (χ1v) is 6.27. The van der Waals surface area contributed by atoms with E-state index in [1.165, 1.54) is 30.5 Å². The summed E-state index contributed by atoms with van der Waals surface area (Å²) < 4.78 is 0. The summed E-state index contributed by atoms with van der Waals surface area (Å²) in [4.78, 5) is 2.49. The standard InChI is InChI=1S/C14H22N2/c1-12-4-6-13(7-5-12)8-10-16-9-2-3-14(15)11-16/h4-7,14H,2-3,8-11,15H2,1H3. The number of benzene rings is 1. The number of hydrogen-bond acceptors (Lipinski definition) is 2. The Morgan fingerprint density at radius 3 is 2.75 bits per heavy atom. The number of likely N-dealkylation sites (tertiary alicyclic amines) is 1. The molecule has 88 valence electrons. The van der Waals surface area contributed by atoms with Gasteiger partial charge in [-0.1, -0.05) is 29.8 Å². The van der Waals surface area contributed by atoms with Crippen molar-refractivity contribution < 1.29 is 0 Å². The van der Waals surface area contributed by atoms with Crippen molar-refractivity contribution in [3.63, 3.8) is 0 Å². The van der Waals surface area contributed by atoms with Crippen LogP contribution < -0.4 is 5.73 Å². The van der Waals surface area contributed by atoms with Crippen molar-refractivity contribution in [2.24, 2.45) is 5.73 Å². The van der Waals surface area contributed by atoms with Crippen LogP contribution in [0.2, 0.25) is 0 Å². The molecule has 2 rings (SSSR count). The van der Waals surface area contributed by atoms with Crippen LogP contribution in [0.4, 0.5) is 0 Å². The van der Waals surface area contributed by atoms with Gasteiger partial charge in [-0.25, -0.2) is 0 Å². The topological polar surface area (TPSA) is 29.3 Å². The normalized spacial score (nSPS) is 22.2. The molecule has 2 heteroatoms. The Bertz CT molecular complexity index is 318. The van der Waals surface area contributed by atoms with Crippen molar-refractivity contribution in [2.45, 2.75) is 32.2 Å². The molecule has 16 heavy (non-hydrogen) atoms. The Labute approximate surface area is 98.4 Å². The fourth-order valence-corrected chi connectivity index (χ4v) is 2.34. The Kier molecular flexibility index (Phi) is 3.97. The summed E-state index contributed by atoms with van der Waals surface area (Å²) in [5.74, 6) is 0. The fraction of sp³-hybridized carbons (Fsp3) is 0.571. The van der Waals surface area contributed by atoms with Gasteiger partial charge in [0.2, 0.25) is 0 Å². The average molecular weight is 218 g/mol. The highest BCUT2D eigenvalue weighted by atomic mass is 15.1. The number of rotatable bonds is 3. The zero-order valence-electron chi connectivity index (χ0n) is 10.2. The third kappa shape index (κ3) is 3.32. The van der Waals surface area contributed by atoms with E-state index in [2.05, 4.69) is 36.1 Å². The first kappa shape index (κ1) is 11.6. The first-order chi connectivity index (χ1) is 7.74. The lowest BCUT2D eigenvalue weighted by atomic mass is 10.1. The van der Waals surface area contributed by atoms with E-state index in [4.69, 9.17) is 5.73 Å². The molecule has 0 saturated carbocycles. The van der Waals surface area contributed by atoms with Gasteiger partial charge in [0.1, 0.15) is 0 Å². The van der Waals surface area contributed by atoms with Crippen LogP contribution in [-0.2, 0) is 6.42 Å². The molecule has 0 amide bonds. The highest BCUT2D eigenvalue weighted by Gasteiger charge is 2.15. The number of aryl methyl sites for hydroxylation is 1. The molecule has 1 aromatic rings. The number of nitrogens with zero attached hydrogens (tertiary/aromatic N) is 1. The maximum absolute atomic E-state index is 5.97. The number of hydrogen-bond donors (Lipinski definition) is 1. The van der Waals surface area contributed by atoms with Crippen molar-refractivity contribution in [3.05, 3.63) is 35.4 Å². The van der Waals surface area contributed by atoms with E-state index in [1.807, 2.05) is 0 Å². The minimum Gasteiger partial charge on any atom is -0.327 e. The molecule has 1 atom stereocenters. The van der Waals surface area contributed by atoms with Gasteiger partial charge in [-0.05, 0) is 38.3 Å². The summed E-state index contributed by atoms with van der Waals surface area (Å²) in [5.41, 5.74) is 8.74. The monoisotopic (exact) mass is 218 g/mol. The van der Waals surface area contributed by atoms with E-state index >= 15 is 0 Å². The largest absolute Gasteiger partial charge is 0.327 e. The zero-order valence-corrected chi connectivity index (χ0v) is 10.2. The molecule has 0 aliphatic carbocycles. The lowest BCUT2D eigenvalue weighted by Gasteiger charge is -2.30. The third-order valence-electron chi connectivity index (χ3n) is 3.38. The molecule has 1 fully saturated rings. The quantitative estimate of drug-likeness (QED) is 0.840. The summed E-state index contributed by atoms with van der Waals surface area (Å²) in [6.07, 6.45) is 3.60. The second kappa shape index (κ2) is 5.46. The van der Waals surface area contributed by atoms with Crippen molar-refractivity contribution in [1.82, 2.24) is 4.90 Å². The molecule has 0 spiro atoms. The molecule has 1 unspecified atom stereocenters. The van der Waals surface area contributed by atoms with Gasteiger partial charge in [0.05, 0.1) is 0 Å². The highest BCUT2D eigenvalue weighted by Crippen LogP contribution is 2.10. The van der Waals surface area contributed by atoms with Crippen LogP contribution in [0.5, 0.6) is 0 Å². The summed E-state index contributed by atoms with van der Waals surface area (Å²) in [7, 11) is 0. The van der Waals surface area contributed by atoms with E-state index in [-0.39, 0.29) is 0 Å². The third-order valence-corrected chi connectivity index (χ3v) is 3.38. The van der Waals surface area contributed by atoms with Gasteiger partial charge in [-0.2, -0.15) is 0 Å². The van der Waals surface area contributed by atoms with Crippen LogP contribution in [0.15, 0.2) is 24.3 Å². The van der Waals surface area contributed by atoms with Crippen molar-refractivity contribution in [3.8, 4) is 0 Å². The molecular formula is C14H22N2. The van der Waals surface area contributed by atoms with Gasteiger partial charge in [0, 0.05) is 19.1 Å². The number of nitrogens with two attached hydrogens (primary N) is 1. The van der Waals surface area contributed by atoms with E-state index in [0.29, 0.717) is 6.04 Å². The van der Waals surface area contributed by atoms with Crippen LogP contribution in [0.1, 0.15) is 24.0 Å². The lowest BCUT2D eigenvalue weighted by molar-refractivity contribution is 0.211. The van der Waals surface area contributed by atoms with Crippen LogP contribution in [-0.4, -0.2) is 30.6 Å². The van der Waals surface area contributed by atoms with Crippen LogP contribution >= 0.6 is 0 Å². The smallest absolute Gasteiger partial charge is 0.0168 e. The predicted octanol–water partition coefficient (Wildman–Crippen LogP) is 1.96. The molecule has 2 nitrogen and oxygen atoms in total. The predicted molar refractivity (Wildman–Crippen MR) is 68.5 cm³/mol. The highest BCUT2D eigenvalue weighted by molar-refractivity contribution is 5.21. The zero-order chi connectivity index (χ0) is 11.4. The molecule has 0 bridgehead atoms. The van der Waals surface area contributed by atoms with Crippen LogP contribution in [0.3, 0.4) is 0 Å². The minimum atomic E-state index is 0.395. The van der Waals surface area contributed by atoms with E-state index in [1.54, 1.807) is 0 Å². The number of piperidine rings is 1. The molecule has 1 aromatic carbocycles. The average Bonchev–Trinajstić information content (AvgIpc) is 2.28. The first-order valence-electron chi connectivity index (χ1n) is 6.27. The lowest BCUT2D eigenvalue weighted by Crippen LogP contribution is -2.43. The molecule has 1 heterocycles. The van der Waals surface area contributed by atoms with Crippen molar-refractivity contribution in [1.29, 1.82) is 0 Å². The summed E-state index contributed by atoms with van der Waals surface area (Å²) in [6, 6.07) is 9.25. The van der Waals surface area contributed by atoms with Gasteiger partial charge in [-0.3, -0.25) is 0 Å². The van der Waals surface area contributed by atoms with Crippen LogP contribution in [0.25, 0.3) is 0 Å². The molecule has 0 aromatic heterocycles. The van der Waals surface area contributed by atoms with Gasteiger partial charge in [-0.15, -0.1) is 0 Å². The Morgan fingerprint density at radius 2 is 2.06 bits per heavy atom. The second-order valence-corrected chi connectivity index (χ2v) is 4.94. The van der Waals surface area contributed by atoms with Gasteiger partial charge < -0.3 is 10.6 Å². The Balaban J connectivity index is 1.80. The Morgan fingerprint density at radius 1 is 1.31 bits per heavy atom. The second-order valence-electron chi connectivity index (χ2n) is 4.94. The molecule has 1 aliphatic heterocycles. The van der Waals surface area contributed by atoms with Crippen LogP contribution in [0, 0.1) is 6.92 Å². The summed E-state index contributed by atoms with van der Waals surface area (Å²) in [6.45, 7) is 5.58. The van der Waals surface area contributed by atoms with Gasteiger partial charge in [0.15, 0.2) is 0 Å². The van der Waals surface area contributed by atoms with E-state index in [9.17, 15) is 0 Å². The Hall–Kier alpha value is -0.860. The van der Waals surface area contributed by atoms with E-state index < -0.39 is 0 Å². The van der Waals surface area contributed by atoms with Gasteiger partial charge in [0.25, 0.3) is 0 Å². The van der Waals surface area contributed by atoms with Gasteiger partial charge >= 0.3 is 0 Å². The molecule has 0 radical (unpaired) electrons. The SMILES string of the molecule is Cc1ccc(CCN2CCCC(N)C2)cc1. The van der Waals surface area contributed by atoms with E-state index in [0.717, 1.165) is 19.5 Å². The summed E-state index contributed by atoms with van der Waals surface area (Å²) in [5, 5.41) is 0. The summed E-state index contributed by atoms with van der Waals surface area (Å²) >= 11 is 0. The molecule has 1 saturated heterocycles. The maximum atomic E-state index is 5.97. The van der Waals surface area contributed by atoms with Crippen molar-refractivity contribution >= 4 is 0 Å². The molecule has 2 N–H and O–H groups in total.